The first-order chi connectivity index (χ1) is 6.16. The Morgan fingerprint density at radius 3 is 2.71 bits per heavy atom. The van der Waals surface area contributed by atoms with Gasteiger partial charge >= 0.3 is 0 Å². The van der Waals surface area contributed by atoms with Crippen LogP contribution in [0.1, 0.15) is 18.0 Å². The number of benzene rings is 1. The van der Waals surface area contributed by atoms with Crippen LogP contribution in [0.15, 0.2) is 18.2 Å². The minimum Gasteiger partial charge on any atom is -0.396 e. The predicted molar refractivity (Wildman–Crippen MR) is 57.3 cm³/mol. The van der Waals surface area contributed by atoms with Crippen LogP contribution in [0.3, 0.4) is 0 Å². The van der Waals surface area contributed by atoms with E-state index in [2.05, 4.69) is 0 Å². The first-order valence-electron chi connectivity index (χ1n) is 3.97. The molecule has 0 heterocycles. The van der Waals surface area contributed by atoms with Crippen molar-refractivity contribution in [3.8, 4) is 0 Å². The first kappa shape index (κ1) is 13.7. The van der Waals surface area contributed by atoms with Gasteiger partial charge in [-0.25, -0.2) is 4.39 Å². The second kappa shape index (κ2) is 6.19. The number of aliphatic hydroxyl groups is 1. The van der Waals surface area contributed by atoms with Crippen LogP contribution >= 0.6 is 24.0 Å². The van der Waals surface area contributed by atoms with E-state index in [1.165, 1.54) is 6.07 Å². The van der Waals surface area contributed by atoms with Crippen molar-refractivity contribution in [2.75, 3.05) is 6.61 Å². The van der Waals surface area contributed by atoms with E-state index in [1.807, 2.05) is 0 Å². The predicted octanol–water partition coefficient (Wildman–Crippen LogP) is 2.28. The zero-order valence-electron chi connectivity index (χ0n) is 7.41. The van der Waals surface area contributed by atoms with Gasteiger partial charge in [0.2, 0.25) is 0 Å². The molecule has 0 aliphatic carbocycles. The fourth-order valence-corrected chi connectivity index (χ4v) is 1.28. The van der Waals surface area contributed by atoms with Crippen molar-refractivity contribution in [3.63, 3.8) is 0 Å². The lowest BCUT2D eigenvalue weighted by Gasteiger charge is -2.11. The van der Waals surface area contributed by atoms with Crippen LogP contribution in [0.2, 0.25) is 5.02 Å². The van der Waals surface area contributed by atoms with Gasteiger partial charge in [0.25, 0.3) is 0 Å². The summed E-state index contributed by atoms with van der Waals surface area (Å²) in [6.45, 7) is -0.0624. The van der Waals surface area contributed by atoms with Gasteiger partial charge in [0.1, 0.15) is 5.82 Å². The third-order valence-electron chi connectivity index (χ3n) is 1.82. The van der Waals surface area contributed by atoms with E-state index < -0.39 is 11.9 Å². The molecule has 0 aliphatic heterocycles. The van der Waals surface area contributed by atoms with E-state index in [4.69, 9.17) is 22.4 Å². The summed E-state index contributed by atoms with van der Waals surface area (Å²) in [5.74, 6) is -0.495. The Morgan fingerprint density at radius 1 is 1.50 bits per heavy atom. The van der Waals surface area contributed by atoms with Crippen molar-refractivity contribution < 1.29 is 9.50 Å². The first-order valence-corrected chi connectivity index (χ1v) is 4.35. The Balaban J connectivity index is 0.00000169. The maximum absolute atomic E-state index is 13.3. The van der Waals surface area contributed by atoms with E-state index >= 15 is 0 Å². The van der Waals surface area contributed by atoms with Crippen molar-refractivity contribution in [1.29, 1.82) is 0 Å². The van der Waals surface area contributed by atoms with Crippen molar-refractivity contribution in [1.82, 2.24) is 0 Å². The lowest BCUT2D eigenvalue weighted by molar-refractivity contribution is 0.275. The average Bonchev–Trinajstić information content (AvgIpc) is 2.10. The van der Waals surface area contributed by atoms with Gasteiger partial charge < -0.3 is 10.8 Å². The molecular formula is C9H12Cl2FNO. The highest BCUT2D eigenvalue weighted by molar-refractivity contribution is 6.30. The normalized spacial score (nSPS) is 12.0. The highest BCUT2D eigenvalue weighted by Crippen LogP contribution is 2.23. The molecule has 14 heavy (non-hydrogen) atoms. The van der Waals surface area contributed by atoms with Gasteiger partial charge in [-0.05, 0) is 12.5 Å². The van der Waals surface area contributed by atoms with E-state index in [0.717, 1.165) is 0 Å². The molecule has 1 aromatic rings. The molecule has 0 amide bonds. The highest BCUT2D eigenvalue weighted by Gasteiger charge is 2.12. The molecule has 80 valence electrons. The third-order valence-corrected chi connectivity index (χ3v) is 2.11. The van der Waals surface area contributed by atoms with Crippen LogP contribution in [0.4, 0.5) is 4.39 Å². The Bertz CT molecular complexity index is 296. The lowest BCUT2D eigenvalue weighted by Crippen LogP contribution is -2.13. The minimum absolute atomic E-state index is 0. The Hall–Kier alpha value is -0.350. The summed E-state index contributed by atoms with van der Waals surface area (Å²) in [6.07, 6.45) is 0.331. The van der Waals surface area contributed by atoms with Crippen LogP contribution in [0, 0.1) is 5.82 Å². The van der Waals surface area contributed by atoms with Gasteiger partial charge in [-0.3, -0.25) is 0 Å². The van der Waals surface area contributed by atoms with Crippen molar-refractivity contribution in [3.05, 3.63) is 34.6 Å². The minimum atomic E-state index is -0.497. The quantitative estimate of drug-likeness (QED) is 0.851. The molecule has 0 saturated heterocycles. The number of hydrogen-bond acceptors (Lipinski definition) is 2. The maximum atomic E-state index is 13.3. The third kappa shape index (κ3) is 3.10. The molecule has 0 saturated carbocycles. The number of aliphatic hydroxyl groups excluding tert-OH is 1. The molecule has 2 nitrogen and oxygen atoms in total. The fraction of sp³-hybridized carbons (Fsp3) is 0.333. The summed E-state index contributed by atoms with van der Waals surface area (Å²) in [5.41, 5.74) is 5.97. The summed E-state index contributed by atoms with van der Waals surface area (Å²) in [4.78, 5) is 0. The molecule has 1 rings (SSSR count). The van der Waals surface area contributed by atoms with Crippen molar-refractivity contribution in [2.45, 2.75) is 12.5 Å². The molecule has 0 bridgehead atoms. The second-order valence-electron chi connectivity index (χ2n) is 2.76. The maximum Gasteiger partial charge on any atom is 0.146 e. The summed E-state index contributed by atoms with van der Waals surface area (Å²) < 4.78 is 13.3. The highest BCUT2D eigenvalue weighted by atomic mass is 35.5. The van der Waals surface area contributed by atoms with E-state index in [0.29, 0.717) is 12.0 Å². The number of rotatable bonds is 3. The molecule has 0 radical (unpaired) electrons. The summed E-state index contributed by atoms with van der Waals surface area (Å²) in [7, 11) is 0. The number of halogens is 3. The van der Waals surface area contributed by atoms with Gasteiger partial charge in [-0.1, -0.05) is 23.7 Å². The fourth-order valence-electron chi connectivity index (χ4n) is 1.10. The van der Waals surface area contributed by atoms with Gasteiger partial charge in [0.15, 0.2) is 0 Å². The summed E-state index contributed by atoms with van der Waals surface area (Å²) in [5, 5.41) is 8.68. The Labute approximate surface area is 93.3 Å². The molecule has 3 N–H and O–H groups in total. The van der Waals surface area contributed by atoms with Gasteiger partial charge in [0.05, 0.1) is 5.02 Å². The zero-order valence-corrected chi connectivity index (χ0v) is 8.98. The largest absolute Gasteiger partial charge is 0.396 e. The van der Waals surface area contributed by atoms with Crippen molar-refractivity contribution >= 4 is 24.0 Å². The SMILES string of the molecule is Cl.N[C@@H](CCO)c1cccc(Cl)c1F. The number of hydrogen-bond donors (Lipinski definition) is 2. The van der Waals surface area contributed by atoms with Crippen LogP contribution in [0.5, 0.6) is 0 Å². The molecular weight excluding hydrogens is 228 g/mol. The Morgan fingerprint density at radius 2 is 2.14 bits per heavy atom. The van der Waals surface area contributed by atoms with Gasteiger partial charge in [0, 0.05) is 18.2 Å². The smallest absolute Gasteiger partial charge is 0.146 e. The average molecular weight is 240 g/mol. The van der Waals surface area contributed by atoms with Crippen molar-refractivity contribution in [2.24, 2.45) is 5.73 Å². The number of nitrogens with two attached hydrogens (primary N) is 1. The molecule has 0 fully saturated rings. The molecule has 0 aromatic heterocycles. The zero-order chi connectivity index (χ0) is 9.84. The topological polar surface area (TPSA) is 46.2 Å². The molecule has 0 spiro atoms. The van der Waals surface area contributed by atoms with Crippen LogP contribution in [-0.2, 0) is 0 Å². The summed E-state index contributed by atoms with van der Waals surface area (Å²) in [6, 6.07) is 4.18. The molecule has 1 atom stereocenters. The second-order valence-corrected chi connectivity index (χ2v) is 3.17. The lowest BCUT2D eigenvalue weighted by atomic mass is 10.0. The van der Waals surface area contributed by atoms with E-state index in [-0.39, 0.29) is 24.0 Å². The van der Waals surface area contributed by atoms with E-state index in [1.54, 1.807) is 12.1 Å². The van der Waals surface area contributed by atoms with Crippen LogP contribution < -0.4 is 5.73 Å². The molecule has 1 aromatic carbocycles. The summed E-state index contributed by atoms with van der Waals surface area (Å²) >= 11 is 5.57. The molecule has 5 heteroatoms. The monoisotopic (exact) mass is 239 g/mol. The standard InChI is InChI=1S/C9H11ClFNO.ClH/c10-7-3-1-2-6(9(7)11)8(12)4-5-13;/h1-3,8,13H,4-5,12H2;1H/t8-;/m0./s1. The van der Waals surface area contributed by atoms with Crippen LogP contribution in [0.25, 0.3) is 0 Å². The Kier molecular flexibility index (Phi) is 6.04. The van der Waals surface area contributed by atoms with Gasteiger partial charge in [-0.15, -0.1) is 12.4 Å². The van der Waals surface area contributed by atoms with E-state index in [9.17, 15) is 4.39 Å². The van der Waals surface area contributed by atoms with Gasteiger partial charge in [-0.2, -0.15) is 0 Å². The van der Waals surface area contributed by atoms with Crippen LogP contribution in [-0.4, -0.2) is 11.7 Å². The molecule has 0 unspecified atom stereocenters. The molecule has 0 aliphatic rings.